The average Bonchev–Trinajstić information content (AvgIpc) is 3.36. The fourth-order valence-corrected chi connectivity index (χ4v) is 7.91. The number of hydrogen-bond acceptors (Lipinski definition) is 6. The zero-order valence-electron chi connectivity index (χ0n) is 18.4. The third-order valence-corrected chi connectivity index (χ3v) is 9.80. The van der Waals surface area contributed by atoms with Crippen LogP contribution in [-0.4, -0.2) is 48.2 Å². The quantitative estimate of drug-likeness (QED) is 0.691. The number of oxime groups is 1. The third-order valence-electron chi connectivity index (χ3n) is 9.80. The maximum absolute atomic E-state index is 13.7. The minimum Gasteiger partial charge on any atom is -0.396 e. The summed E-state index contributed by atoms with van der Waals surface area (Å²) in [4.78, 5) is 32.1. The molecule has 0 aromatic rings. The van der Waals surface area contributed by atoms with Gasteiger partial charge < -0.3 is 15.3 Å². The van der Waals surface area contributed by atoms with Gasteiger partial charge in [0.15, 0.2) is 0 Å². The summed E-state index contributed by atoms with van der Waals surface area (Å²) in [6, 6.07) is 0. The molecule has 4 aliphatic carbocycles. The molecule has 0 aromatic carbocycles. The summed E-state index contributed by atoms with van der Waals surface area (Å²) in [5.41, 5.74) is 0.739. The molecule has 2 N–H and O–H groups in total. The Labute approximate surface area is 179 Å². The fraction of sp³-hybridized carbons (Fsp3) is 0.875. The number of Topliss-reactive ketones (excluding diaryl/α,β-unsaturated/α-hetero) is 2. The fourth-order valence-electron chi connectivity index (χ4n) is 7.91. The van der Waals surface area contributed by atoms with Crippen molar-refractivity contribution >= 4 is 17.3 Å². The molecule has 0 amide bonds. The number of aliphatic hydroxyl groups is 1. The van der Waals surface area contributed by atoms with Crippen molar-refractivity contribution in [2.75, 3.05) is 19.7 Å². The first-order valence-corrected chi connectivity index (χ1v) is 12.0. The van der Waals surface area contributed by atoms with Crippen LogP contribution in [0.2, 0.25) is 0 Å². The van der Waals surface area contributed by atoms with Crippen LogP contribution in [0, 0.1) is 40.4 Å². The van der Waals surface area contributed by atoms with Gasteiger partial charge in [-0.3, -0.25) is 9.59 Å². The minimum atomic E-state index is -0.340. The second-order valence-electron chi connectivity index (χ2n) is 11.0. The summed E-state index contributed by atoms with van der Waals surface area (Å²) in [5, 5.41) is 18.1. The van der Waals surface area contributed by atoms with Gasteiger partial charge in [-0.1, -0.05) is 19.0 Å². The van der Waals surface area contributed by atoms with Crippen LogP contribution in [0.1, 0.15) is 65.2 Å². The van der Waals surface area contributed by atoms with Crippen LogP contribution in [0.3, 0.4) is 0 Å². The van der Waals surface area contributed by atoms with Gasteiger partial charge in [0.2, 0.25) is 0 Å². The number of aliphatic hydroxyl groups excluding tert-OH is 1. The van der Waals surface area contributed by atoms with Crippen molar-refractivity contribution in [3.63, 3.8) is 0 Å². The maximum Gasteiger partial charge on any atom is 0.142 e. The molecule has 2 unspecified atom stereocenters. The number of nitrogens with zero attached hydrogens (tertiary/aromatic N) is 1. The summed E-state index contributed by atoms with van der Waals surface area (Å²) >= 11 is 0. The van der Waals surface area contributed by atoms with Crippen molar-refractivity contribution in [2.45, 2.75) is 71.3 Å². The smallest absolute Gasteiger partial charge is 0.142 e. The highest BCUT2D eigenvalue weighted by molar-refractivity contribution is 5.93. The van der Waals surface area contributed by atoms with E-state index in [1.165, 1.54) is 0 Å². The lowest BCUT2D eigenvalue weighted by Gasteiger charge is -2.60. The molecular formula is C24H36N2O4. The summed E-state index contributed by atoms with van der Waals surface area (Å²) in [6.07, 6.45) is 7.10. The lowest BCUT2D eigenvalue weighted by atomic mass is 9.43. The second-order valence-corrected chi connectivity index (χ2v) is 11.0. The van der Waals surface area contributed by atoms with Gasteiger partial charge in [0, 0.05) is 36.6 Å². The molecule has 5 fully saturated rings. The van der Waals surface area contributed by atoms with E-state index in [0.29, 0.717) is 18.1 Å². The topological polar surface area (TPSA) is 88.0 Å². The number of fused-ring (bicyclic) bond motifs is 5. The zero-order valence-corrected chi connectivity index (χ0v) is 18.4. The predicted molar refractivity (Wildman–Crippen MR) is 113 cm³/mol. The molecule has 5 rings (SSSR count). The van der Waals surface area contributed by atoms with E-state index in [0.717, 1.165) is 63.7 Å². The van der Waals surface area contributed by atoms with Gasteiger partial charge in [0.25, 0.3) is 0 Å². The van der Waals surface area contributed by atoms with E-state index in [1.54, 1.807) is 0 Å². The molecule has 166 valence electrons. The Bertz CT molecular complexity index is 760. The molecule has 4 saturated carbocycles. The molecule has 5 aliphatic rings. The number of rotatable bonds is 3. The van der Waals surface area contributed by atoms with Gasteiger partial charge in [-0.2, -0.15) is 0 Å². The molecule has 0 spiro atoms. The van der Waals surface area contributed by atoms with Crippen molar-refractivity contribution in [3.05, 3.63) is 0 Å². The SMILES string of the molecule is C[C@]12CC/C(=N\OC3CCNC3)CC1[C@@H](CO)C(=O)[C@@H]1[C@@H]2CC[C@]2(C)C(=O)CC[C@@H]12. The molecule has 30 heavy (non-hydrogen) atoms. The first-order chi connectivity index (χ1) is 14.4. The van der Waals surface area contributed by atoms with E-state index in [9.17, 15) is 14.7 Å². The van der Waals surface area contributed by atoms with Crippen molar-refractivity contribution in [1.82, 2.24) is 5.32 Å². The Kier molecular flexibility index (Phi) is 5.09. The average molecular weight is 417 g/mol. The molecule has 0 aromatic heterocycles. The van der Waals surface area contributed by atoms with Crippen molar-refractivity contribution in [2.24, 2.45) is 45.6 Å². The summed E-state index contributed by atoms with van der Waals surface area (Å²) in [7, 11) is 0. The third kappa shape index (κ3) is 2.93. The van der Waals surface area contributed by atoms with Crippen molar-refractivity contribution in [1.29, 1.82) is 0 Å². The van der Waals surface area contributed by atoms with Crippen LogP contribution >= 0.6 is 0 Å². The van der Waals surface area contributed by atoms with E-state index in [4.69, 9.17) is 4.84 Å². The molecule has 6 nitrogen and oxygen atoms in total. The lowest BCUT2D eigenvalue weighted by molar-refractivity contribution is -0.166. The number of hydrogen-bond donors (Lipinski definition) is 2. The predicted octanol–water partition coefficient (Wildman–Crippen LogP) is 2.73. The van der Waals surface area contributed by atoms with E-state index in [2.05, 4.69) is 24.3 Å². The van der Waals surface area contributed by atoms with Gasteiger partial charge in [0.1, 0.15) is 17.7 Å². The monoisotopic (exact) mass is 416 g/mol. The van der Waals surface area contributed by atoms with Crippen LogP contribution in [0.4, 0.5) is 0 Å². The Balaban J connectivity index is 1.42. The number of nitrogens with one attached hydrogen (secondary N) is 1. The molecule has 1 heterocycles. The van der Waals surface area contributed by atoms with E-state index >= 15 is 0 Å². The highest BCUT2D eigenvalue weighted by Gasteiger charge is 2.65. The largest absolute Gasteiger partial charge is 0.396 e. The van der Waals surface area contributed by atoms with Crippen LogP contribution < -0.4 is 5.32 Å². The standard InChI is InChI=1S/C24H36N2O4/c1-23-8-5-14(26-30-15-7-10-25-12-15)11-19(23)16(13-27)22(29)21-17-3-4-20(28)24(17,2)9-6-18(21)23/h15-19,21,25,27H,3-13H2,1-2H3/b26-14+/t15?,16-,17+,18+,19?,21+,23-,24+/m1/s1. The number of carbonyl (C=O) groups excluding carboxylic acids is 2. The van der Waals surface area contributed by atoms with Crippen LogP contribution in [0.25, 0.3) is 0 Å². The molecule has 1 saturated heterocycles. The van der Waals surface area contributed by atoms with Crippen molar-refractivity contribution in [3.8, 4) is 0 Å². The van der Waals surface area contributed by atoms with E-state index in [1.807, 2.05) is 0 Å². The second kappa shape index (κ2) is 7.40. The minimum absolute atomic E-state index is 0.0207. The van der Waals surface area contributed by atoms with Gasteiger partial charge in [-0.15, -0.1) is 0 Å². The maximum atomic E-state index is 13.7. The molecule has 0 bridgehead atoms. The Hall–Kier alpha value is -1.27. The van der Waals surface area contributed by atoms with Crippen molar-refractivity contribution < 1.29 is 19.5 Å². The Morgan fingerprint density at radius 1 is 1.10 bits per heavy atom. The van der Waals surface area contributed by atoms with Crippen LogP contribution in [0.5, 0.6) is 0 Å². The Morgan fingerprint density at radius 2 is 1.93 bits per heavy atom. The summed E-state index contributed by atoms with van der Waals surface area (Å²) < 4.78 is 0. The Morgan fingerprint density at radius 3 is 2.67 bits per heavy atom. The lowest BCUT2D eigenvalue weighted by Crippen LogP contribution is -2.61. The first kappa shape index (κ1) is 20.6. The molecule has 8 atom stereocenters. The molecule has 0 radical (unpaired) electrons. The van der Waals surface area contributed by atoms with Crippen LogP contribution in [-0.2, 0) is 14.4 Å². The normalized spacial score (nSPS) is 49.6. The summed E-state index contributed by atoms with van der Waals surface area (Å²) in [6.45, 7) is 6.17. The molecule has 6 heteroatoms. The van der Waals surface area contributed by atoms with Gasteiger partial charge >= 0.3 is 0 Å². The highest BCUT2D eigenvalue weighted by atomic mass is 16.6. The zero-order chi connectivity index (χ0) is 21.1. The first-order valence-electron chi connectivity index (χ1n) is 12.0. The number of ketones is 2. The highest BCUT2D eigenvalue weighted by Crippen LogP contribution is 2.65. The molecule has 1 aliphatic heterocycles. The van der Waals surface area contributed by atoms with Gasteiger partial charge in [0.05, 0.1) is 12.3 Å². The number of carbonyl (C=O) groups is 2. The summed E-state index contributed by atoms with van der Waals surface area (Å²) in [5.74, 6) is 0.775. The van der Waals surface area contributed by atoms with Gasteiger partial charge in [-0.25, -0.2) is 0 Å². The molecular weight excluding hydrogens is 380 g/mol. The van der Waals surface area contributed by atoms with Crippen LogP contribution in [0.15, 0.2) is 5.16 Å². The van der Waals surface area contributed by atoms with E-state index < -0.39 is 0 Å². The van der Waals surface area contributed by atoms with E-state index in [-0.39, 0.29) is 53.0 Å². The van der Waals surface area contributed by atoms with Gasteiger partial charge in [-0.05, 0) is 68.2 Å².